The number of carbonyl (C=O) groups is 1. The van der Waals surface area contributed by atoms with E-state index in [0.29, 0.717) is 0 Å². The third kappa shape index (κ3) is 3.58. The van der Waals surface area contributed by atoms with Gasteiger partial charge < -0.3 is 11.1 Å². The zero-order valence-electron chi connectivity index (χ0n) is 7.31. The van der Waals surface area contributed by atoms with Crippen LogP contribution >= 0.6 is 12.4 Å². The maximum Gasteiger partial charge on any atom is 0.237 e. The van der Waals surface area contributed by atoms with Crippen LogP contribution in [0.5, 0.6) is 0 Å². The fourth-order valence-electron chi connectivity index (χ4n) is 0.871. The van der Waals surface area contributed by atoms with Crippen molar-refractivity contribution in [1.82, 2.24) is 5.32 Å². The van der Waals surface area contributed by atoms with Crippen molar-refractivity contribution in [3.05, 3.63) is 0 Å². The molecule has 68 valence electrons. The van der Waals surface area contributed by atoms with E-state index in [1.54, 1.807) is 7.05 Å². The summed E-state index contributed by atoms with van der Waals surface area (Å²) in [6, 6.07) is 0. The molecule has 3 nitrogen and oxygen atoms in total. The van der Waals surface area contributed by atoms with Crippen molar-refractivity contribution in [2.75, 3.05) is 7.05 Å². The van der Waals surface area contributed by atoms with Gasteiger partial charge in [-0.3, -0.25) is 4.79 Å². The maximum absolute atomic E-state index is 10.8. The standard InChI is InChI=1S/C7H16N2O.ClH/c1-4-5-7(2,9-3)6(8)10;/h9H,4-5H2,1-3H3,(H2,8,10);1H. The first kappa shape index (κ1) is 13.3. The van der Waals surface area contributed by atoms with Crippen LogP contribution in [-0.2, 0) is 4.79 Å². The molecule has 0 aliphatic carbocycles. The lowest BCUT2D eigenvalue weighted by Crippen LogP contribution is -2.51. The van der Waals surface area contributed by atoms with Crippen molar-refractivity contribution in [1.29, 1.82) is 0 Å². The first-order valence-electron chi connectivity index (χ1n) is 3.55. The van der Waals surface area contributed by atoms with Crippen LogP contribution in [0.4, 0.5) is 0 Å². The fraction of sp³-hybridized carbons (Fsp3) is 0.857. The molecule has 0 radical (unpaired) electrons. The normalized spacial score (nSPS) is 14.8. The second kappa shape index (κ2) is 5.38. The van der Waals surface area contributed by atoms with E-state index in [2.05, 4.69) is 5.32 Å². The van der Waals surface area contributed by atoms with Crippen LogP contribution < -0.4 is 11.1 Å². The Kier molecular flexibility index (Phi) is 6.52. The van der Waals surface area contributed by atoms with Gasteiger partial charge in [0.25, 0.3) is 0 Å². The van der Waals surface area contributed by atoms with Gasteiger partial charge in [-0.05, 0) is 20.4 Å². The highest BCUT2D eigenvalue weighted by molar-refractivity contribution is 5.85. The Morgan fingerprint density at radius 2 is 2.09 bits per heavy atom. The van der Waals surface area contributed by atoms with Gasteiger partial charge in [-0.1, -0.05) is 13.3 Å². The van der Waals surface area contributed by atoms with Gasteiger partial charge in [0, 0.05) is 0 Å². The van der Waals surface area contributed by atoms with Crippen molar-refractivity contribution in [2.45, 2.75) is 32.2 Å². The van der Waals surface area contributed by atoms with Gasteiger partial charge in [-0.15, -0.1) is 12.4 Å². The predicted octanol–water partition coefficient (Wildman–Crippen LogP) is 0.672. The molecule has 3 N–H and O–H groups in total. The van der Waals surface area contributed by atoms with Gasteiger partial charge in [0.2, 0.25) is 5.91 Å². The average Bonchev–Trinajstić information content (AvgIpc) is 1.88. The molecule has 4 heteroatoms. The molecule has 0 rings (SSSR count). The van der Waals surface area contributed by atoms with E-state index in [9.17, 15) is 4.79 Å². The predicted molar refractivity (Wildman–Crippen MR) is 48.8 cm³/mol. The number of carbonyl (C=O) groups excluding carboxylic acids is 1. The van der Waals surface area contributed by atoms with Crippen LogP contribution in [0.15, 0.2) is 0 Å². The lowest BCUT2D eigenvalue weighted by molar-refractivity contribution is -0.123. The van der Waals surface area contributed by atoms with E-state index < -0.39 is 5.54 Å². The highest BCUT2D eigenvalue weighted by Gasteiger charge is 2.26. The lowest BCUT2D eigenvalue weighted by Gasteiger charge is -2.24. The van der Waals surface area contributed by atoms with Crippen LogP contribution in [0.3, 0.4) is 0 Å². The smallest absolute Gasteiger partial charge is 0.237 e. The van der Waals surface area contributed by atoms with Gasteiger partial charge in [-0.2, -0.15) is 0 Å². The zero-order valence-corrected chi connectivity index (χ0v) is 8.12. The van der Waals surface area contributed by atoms with E-state index >= 15 is 0 Å². The molecular weight excluding hydrogens is 164 g/mol. The molecule has 0 aromatic carbocycles. The van der Waals surface area contributed by atoms with Crippen molar-refractivity contribution in [3.8, 4) is 0 Å². The second-order valence-corrected chi connectivity index (χ2v) is 2.70. The highest BCUT2D eigenvalue weighted by atomic mass is 35.5. The summed E-state index contributed by atoms with van der Waals surface area (Å²) < 4.78 is 0. The van der Waals surface area contributed by atoms with Crippen LogP contribution in [0.2, 0.25) is 0 Å². The topological polar surface area (TPSA) is 55.1 Å². The lowest BCUT2D eigenvalue weighted by atomic mass is 9.96. The summed E-state index contributed by atoms with van der Waals surface area (Å²) in [4.78, 5) is 10.8. The largest absolute Gasteiger partial charge is 0.368 e. The third-order valence-corrected chi connectivity index (χ3v) is 1.85. The molecule has 0 aromatic rings. The number of primary amides is 1. The van der Waals surface area contributed by atoms with Crippen molar-refractivity contribution < 1.29 is 4.79 Å². The van der Waals surface area contributed by atoms with Gasteiger partial charge in [0.1, 0.15) is 0 Å². The first-order valence-corrected chi connectivity index (χ1v) is 3.55. The van der Waals surface area contributed by atoms with E-state index in [-0.39, 0.29) is 18.3 Å². The summed E-state index contributed by atoms with van der Waals surface area (Å²) in [5.41, 5.74) is 4.65. The molecule has 1 atom stereocenters. The summed E-state index contributed by atoms with van der Waals surface area (Å²) in [5.74, 6) is -0.281. The van der Waals surface area contributed by atoms with Gasteiger partial charge >= 0.3 is 0 Å². The quantitative estimate of drug-likeness (QED) is 0.669. The Morgan fingerprint density at radius 1 is 1.64 bits per heavy atom. The second-order valence-electron chi connectivity index (χ2n) is 2.70. The molecule has 1 amide bonds. The van der Waals surface area contributed by atoms with Gasteiger partial charge in [0.15, 0.2) is 0 Å². The van der Waals surface area contributed by atoms with Crippen molar-refractivity contribution >= 4 is 18.3 Å². The third-order valence-electron chi connectivity index (χ3n) is 1.85. The van der Waals surface area contributed by atoms with E-state index in [1.165, 1.54) is 0 Å². The Balaban J connectivity index is 0. The van der Waals surface area contributed by atoms with Crippen LogP contribution in [-0.4, -0.2) is 18.5 Å². The monoisotopic (exact) mass is 180 g/mol. The molecule has 0 aliphatic rings. The Morgan fingerprint density at radius 3 is 2.18 bits per heavy atom. The molecule has 0 heterocycles. The molecule has 0 aliphatic heterocycles. The maximum atomic E-state index is 10.8. The molecule has 0 spiro atoms. The number of amides is 1. The average molecular weight is 181 g/mol. The molecule has 0 bridgehead atoms. The summed E-state index contributed by atoms with van der Waals surface area (Å²) in [5, 5.41) is 2.90. The molecule has 0 saturated heterocycles. The minimum absolute atomic E-state index is 0. The van der Waals surface area contributed by atoms with Crippen LogP contribution in [0.1, 0.15) is 26.7 Å². The summed E-state index contributed by atoms with van der Waals surface area (Å²) >= 11 is 0. The van der Waals surface area contributed by atoms with Crippen LogP contribution in [0.25, 0.3) is 0 Å². The van der Waals surface area contributed by atoms with E-state index in [1.807, 2.05) is 13.8 Å². The van der Waals surface area contributed by atoms with E-state index in [0.717, 1.165) is 12.8 Å². The fourth-order valence-corrected chi connectivity index (χ4v) is 0.871. The van der Waals surface area contributed by atoms with Crippen molar-refractivity contribution in [3.63, 3.8) is 0 Å². The Hall–Kier alpha value is -0.280. The first-order chi connectivity index (χ1) is 4.56. The molecule has 1 unspecified atom stereocenters. The highest BCUT2D eigenvalue weighted by Crippen LogP contribution is 2.09. The number of nitrogens with two attached hydrogens (primary N) is 1. The Labute approximate surface area is 74.1 Å². The number of halogens is 1. The SMILES string of the molecule is CCCC(C)(NC)C(N)=O.Cl. The molecular formula is C7H17ClN2O. The summed E-state index contributed by atoms with van der Waals surface area (Å²) in [6.45, 7) is 3.84. The van der Waals surface area contributed by atoms with Crippen molar-refractivity contribution in [2.24, 2.45) is 5.73 Å². The number of rotatable bonds is 4. The molecule has 0 saturated carbocycles. The van der Waals surface area contributed by atoms with E-state index in [4.69, 9.17) is 5.73 Å². The van der Waals surface area contributed by atoms with Crippen LogP contribution in [0, 0.1) is 0 Å². The minimum atomic E-state index is -0.519. The molecule has 0 aromatic heterocycles. The number of nitrogens with one attached hydrogen (secondary N) is 1. The zero-order chi connectivity index (χ0) is 8.20. The number of hydrogen-bond donors (Lipinski definition) is 2. The summed E-state index contributed by atoms with van der Waals surface area (Å²) in [6.07, 6.45) is 1.75. The molecule has 0 fully saturated rings. The number of likely N-dealkylation sites (N-methyl/N-ethyl adjacent to an activating group) is 1. The Bertz CT molecular complexity index is 130. The minimum Gasteiger partial charge on any atom is -0.368 e. The molecule has 11 heavy (non-hydrogen) atoms. The van der Waals surface area contributed by atoms with Gasteiger partial charge in [0.05, 0.1) is 5.54 Å². The van der Waals surface area contributed by atoms with Gasteiger partial charge in [-0.25, -0.2) is 0 Å². The number of hydrogen-bond acceptors (Lipinski definition) is 2. The summed E-state index contributed by atoms with van der Waals surface area (Å²) in [7, 11) is 1.75.